The van der Waals surface area contributed by atoms with Gasteiger partial charge in [0.2, 0.25) is 5.91 Å². The minimum Gasteiger partial charge on any atom is -0.463 e. The Morgan fingerprint density at radius 3 is 2.50 bits per heavy atom. The van der Waals surface area contributed by atoms with E-state index in [0.29, 0.717) is 22.2 Å². The Morgan fingerprint density at radius 2 is 1.88 bits per heavy atom. The van der Waals surface area contributed by atoms with Crippen molar-refractivity contribution in [2.45, 2.75) is 25.3 Å². The zero-order chi connectivity index (χ0) is 16.9. The summed E-state index contributed by atoms with van der Waals surface area (Å²) >= 11 is 12.3. The first-order valence-electron chi connectivity index (χ1n) is 8.22. The molecule has 0 saturated carbocycles. The topological polar surface area (TPSA) is 46.7 Å². The normalized spacial score (nSPS) is 16.2. The number of carbonyl (C=O) groups excluding carboxylic acids is 1. The molecule has 2 heterocycles. The number of furan rings is 1. The van der Waals surface area contributed by atoms with Crippen molar-refractivity contribution in [1.29, 1.82) is 0 Å². The Bertz CT molecular complexity index is 662. The van der Waals surface area contributed by atoms with Gasteiger partial charge in [0.25, 0.3) is 0 Å². The van der Waals surface area contributed by atoms with Gasteiger partial charge in [0.05, 0.1) is 32.3 Å². The lowest BCUT2D eigenvalue weighted by molar-refractivity contribution is -0.919. The average molecular weight is 368 g/mol. The number of halogens is 2. The summed E-state index contributed by atoms with van der Waals surface area (Å²) in [6, 6.07) is 9.28. The highest BCUT2D eigenvalue weighted by molar-refractivity contribution is 6.36. The monoisotopic (exact) mass is 367 g/mol. The van der Waals surface area contributed by atoms with E-state index in [1.807, 2.05) is 12.1 Å². The molecule has 2 N–H and O–H groups in total. The van der Waals surface area contributed by atoms with E-state index < -0.39 is 0 Å². The molecule has 0 aliphatic carbocycles. The molecule has 0 spiro atoms. The van der Waals surface area contributed by atoms with Gasteiger partial charge in [0, 0.05) is 22.9 Å². The summed E-state index contributed by atoms with van der Waals surface area (Å²) in [5, 5.41) is 4.05. The Kier molecular flexibility index (Phi) is 5.82. The zero-order valence-corrected chi connectivity index (χ0v) is 14.9. The quantitative estimate of drug-likeness (QED) is 0.824. The van der Waals surface area contributed by atoms with Gasteiger partial charge in [-0.15, -0.1) is 0 Å². The molecule has 3 rings (SSSR count). The number of rotatable bonds is 6. The van der Waals surface area contributed by atoms with Crippen LogP contribution in [0.3, 0.4) is 0 Å². The fourth-order valence-corrected chi connectivity index (χ4v) is 3.78. The first-order valence-corrected chi connectivity index (χ1v) is 8.98. The Balaban J connectivity index is 1.63. The molecule has 0 unspecified atom stereocenters. The summed E-state index contributed by atoms with van der Waals surface area (Å²) in [6.07, 6.45) is 4.30. The predicted molar refractivity (Wildman–Crippen MR) is 94.6 cm³/mol. The highest BCUT2D eigenvalue weighted by atomic mass is 35.5. The summed E-state index contributed by atoms with van der Waals surface area (Å²) in [5.41, 5.74) is 0.668. The maximum absolute atomic E-state index is 12.3. The van der Waals surface area contributed by atoms with Crippen molar-refractivity contribution in [3.63, 3.8) is 0 Å². The number of likely N-dealkylation sites (tertiary alicyclic amines) is 1. The summed E-state index contributed by atoms with van der Waals surface area (Å²) in [4.78, 5) is 13.8. The Labute approximate surface area is 151 Å². The molecule has 0 radical (unpaired) electrons. The van der Waals surface area contributed by atoms with E-state index in [1.165, 1.54) is 17.7 Å². The lowest BCUT2D eigenvalue weighted by atomic mass is 10.1. The van der Waals surface area contributed by atoms with Crippen molar-refractivity contribution in [3.05, 3.63) is 58.0 Å². The molecule has 6 heteroatoms. The molecule has 4 nitrogen and oxygen atoms in total. The highest BCUT2D eigenvalue weighted by Gasteiger charge is 2.29. The van der Waals surface area contributed by atoms with Crippen LogP contribution < -0.4 is 10.2 Å². The molecule has 2 aromatic rings. The van der Waals surface area contributed by atoms with E-state index in [9.17, 15) is 4.79 Å². The Hall–Kier alpha value is -1.49. The summed E-state index contributed by atoms with van der Waals surface area (Å²) < 4.78 is 5.58. The second-order valence-electron chi connectivity index (χ2n) is 6.11. The number of benzene rings is 1. The second-order valence-corrected chi connectivity index (χ2v) is 6.93. The first kappa shape index (κ1) is 17.3. The van der Waals surface area contributed by atoms with Gasteiger partial charge in [-0.3, -0.25) is 4.79 Å². The maximum atomic E-state index is 12.3. The fraction of sp³-hybridized carbons (Fsp3) is 0.389. The van der Waals surface area contributed by atoms with E-state index in [4.69, 9.17) is 27.6 Å². The van der Waals surface area contributed by atoms with Gasteiger partial charge >= 0.3 is 0 Å². The summed E-state index contributed by atoms with van der Waals surface area (Å²) in [5.74, 6) is 0.836. The van der Waals surface area contributed by atoms with Crippen molar-refractivity contribution < 1.29 is 14.1 Å². The van der Waals surface area contributed by atoms with Crippen LogP contribution >= 0.6 is 23.2 Å². The van der Waals surface area contributed by atoms with Crippen LogP contribution in [0.4, 0.5) is 0 Å². The summed E-state index contributed by atoms with van der Waals surface area (Å²) in [7, 11) is 0. The average Bonchev–Trinajstić information content (AvgIpc) is 3.25. The number of amides is 1. The van der Waals surface area contributed by atoms with E-state index in [1.54, 1.807) is 24.5 Å². The van der Waals surface area contributed by atoms with Gasteiger partial charge in [-0.05, 0) is 29.8 Å². The van der Waals surface area contributed by atoms with Crippen LogP contribution in [0.15, 0.2) is 41.0 Å². The molecule has 1 fully saturated rings. The molecule has 24 heavy (non-hydrogen) atoms. The number of nitrogens with one attached hydrogen (secondary N) is 2. The van der Waals surface area contributed by atoms with Crippen molar-refractivity contribution >= 4 is 29.1 Å². The molecule has 1 aliphatic heterocycles. The van der Waals surface area contributed by atoms with Gasteiger partial charge < -0.3 is 14.6 Å². The van der Waals surface area contributed by atoms with Crippen molar-refractivity contribution in [2.75, 3.05) is 19.6 Å². The van der Waals surface area contributed by atoms with Gasteiger partial charge in [0.15, 0.2) is 11.8 Å². The minimum atomic E-state index is -0.0832. The second kappa shape index (κ2) is 8.06. The Morgan fingerprint density at radius 1 is 1.17 bits per heavy atom. The van der Waals surface area contributed by atoms with Crippen molar-refractivity contribution in [2.24, 2.45) is 0 Å². The van der Waals surface area contributed by atoms with Crippen LogP contribution in [0.25, 0.3) is 0 Å². The summed E-state index contributed by atoms with van der Waals surface area (Å²) in [6.45, 7) is 2.76. The van der Waals surface area contributed by atoms with E-state index in [2.05, 4.69) is 5.32 Å². The third kappa shape index (κ3) is 4.12. The molecule has 1 saturated heterocycles. The molecule has 1 amide bonds. The van der Waals surface area contributed by atoms with Crippen molar-refractivity contribution in [3.8, 4) is 0 Å². The number of quaternary nitrogens is 1. The van der Waals surface area contributed by atoms with Gasteiger partial charge in [-0.2, -0.15) is 0 Å². The molecule has 1 atom stereocenters. The number of carbonyl (C=O) groups is 1. The standard InChI is InChI=1S/C18H20Cl2N2O2/c19-14-5-3-6-15(20)13(14)11-18(23)21-12-16(17-7-4-10-24-17)22-8-1-2-9-22/h3-7,10,16H,1-2,8-9,11-12H2,(H,21,23)/p+1/t16-/m0/s1. The van der Waals surface area contributed by atoms with Crippen LogP contribution in [-0.4, -0.2) is 25.5 Å². The number of hydrogen-bond acceptors (Lipinski definition) is 2. The van der Waals surface area contributed by atoms with Crippen LogP contribution in [0.5, 0.6) is 0 Å². The molecular formula is C18H21Cl2N2O2+. The zero-order valence-electron chi connectivity index (χ0n) is 13.4. The smallest absolute Gasteiger partial charge is 0.224 e. The van der Waals surface area contributed by atoms with Gasteiger partial charge in [-0.25, -0.2) is 0 Å². The predicted octanol–water partition coefficient (Wildman–Crippen LogP) is 2.67. The molecular weight excluding hydrogens is 347 g/mol. The van der Waals surface area contributed by atoms with E-state index in [0.717, 1.165) is 18.8 Å². The lowest BCUT2D eigenvalue weighted by Crippen LogP contribution is -3.11. The maximum Gasteiger partial charge on any atom is 0.224 e. The third-order valence-corrected chi connectivity index (χ3v) is 5.24. The first-order chi connectivity index (χ1) is 11.6. The van der Waals surface area contributed by atoms with E-state index in [-0.39, 0.29) is 18.4 Å². The number of hydrogen-bond donors (Lipinski definition) is 2. The molecule has 1 aromatic carbocycles. The molecule has 128 valence electrons. The van der Waals surface area contributed by atoms with Gasteiger partial charge in [0.1, 0.15) is 0 Å². The van der Waals surface area contributed by atoms with Gasteiger partial charge in [-0.1, -0.05) is 29.3 Å². The van der Waals surface area contributed by atoms with E-state index >= 15 is 0 Å². The molecule has 0 bridgehead atoms. The largest absolute Gasteiger partial charge is 0.463 e. The third-order valence-electron chi connectivity index (χ3n) is 4.53. The highest BCUT2D eigenvalue weighted by Crippen LogP contribution is 2.24. The van der Waals surface area contributed by atoms with Crippen LogP contribution in [0.1, 0.15) is 30.2 Å². The minimum absolute atomic E-state index is 0.0832. The SMILES string of the molecule is O=C(Cc1c(Cl)cccc1Cl)NC[C@@H](c1ccco1)[NH+]1CCCC1. The lowest BCUT2D eigenvalue weighted by Gasteiger charge is -2.23. The molecule has 1 aliphatic rings. The molecule has 1 aromatic heterocycles. The van der Waals surface area contributed by atoms with Crippen LogP contribution in [0.2, 0.25) is 10.0 Å². The van der Waals surface area contributed by atoms with Crippen LogP contribution in [0, 0.1) is 0 Å². The van der Waals surface area contributed by atoms with Crippen molar-refractivity contribution in [1.82, 2.24) is 5.32 Å². The van der Waals surface area contributed by atoms with Crippen LogP contribution in [-0.2, 0) is 11.2 Å². The fourth-order valence-electron chi connectivity index (χ4n) is 3.25.